The molecule has 0 aromatic carbocycles. The Morgan fingerprint density at radius 1 is 0.710 bits per heavy atom. The summed E-state index contributed by atoms with van der Waals surface area (Å²) in [6.07, 6.45) is -1.28. The first-order valence-corrected chi connectivity index (χ1v) is 9.04. The van der Waals surface area contributed by atoms with E-state index in [0.717, 1.165) is 0 Å². The van der Waals surface area contributed by atoms with Crippen molar-refractivity contribution in [3.05, 3.63) is 0 Å². The monoisotopic (exact) mass is 449 g/mol. The van der Waals surface area contributed by atoms with Crippen molar-refractivity contribution < 1.29 is 49.2 Å². The number of primary amides is 1. The zero-order valence-electron chi connectivity index (χ0n) is 16.4. The van der Waals surface area contributed by atoms with Gasteiger partial charge in [0.05, 0.1) is 19.3 Å². The quantitative estimate of drug-likeness (QED) is 0.114. The summed E-state index contributed by atoms with van der Waals surface area (Å²) in [6, 6.07) is -6.05. The average molecular weight is 449 g/mol. The van der Waals surface area contributed by atoms with Crippen molar-refractivity contribution in [3.63, 3.8) is 0 Å². The molecule has 0 aliphatic carbocycles. The van der Waals surface area contributed by atoms with E-state index in [1.165, 1.54) is 0 Å². The predicted octanol–water partition coefficient (Wildman–Crippen LogP) is -5.03. The van der Waals surface area contributed by atoms with Crippen LogP contribution in [-0.2, 0) is 28.8 Å². The highest BCUT2D eigenvalue weighted by Gasteiger charge is 2.30. The van der Waals surface area contributed by atoms with E-state index in [-0.39, 0.29) is 12.8 Å². The van der Waals surface area contributed by atoms with Crippen molar-refractivity contribution in [2.45, 2.75) is 49.9 Å². The van der Waals surface area contributed by atoms with E-state index < -0.39 is 85.8 Å². The smallest absolute Gasteiger partial charge is 0.328 e. The number of hydrogen-bond donors (Lipinski definition) is 9. The summed E-state index contributed by atoms with van der Waals surface area (Å²) in [7, 11) is 0. The third-order valence-corrected chi connectivity index (χ3v) is 3.93. The second-order valence-corrected chi connectivity index (χ2v) is 6.43. The minimum Gasteiger partial charge on any atom is -0.481 e. The Kier molecular flexibility index (Phi) is 12.4. The topological polar surface area (TPSA) is 271 Å². The van der Waals surface area contributed by atoms with E-state index in [2.05, 4.69) is 10.6 Å². The molecule has 0 saturated carbocycles. The van der Waals surface area contributed by atoms with Gasteiger partial charge in [-0.1, -0.05) is 0 Å². The third-order valence-electron chi connectivity index (χ3n) is 3.93. The molecule has 4 amide bonds. The van der Waals surface area contributed by atoms with E-state index >= 15 is 0 Å². The van der Waals surface area contributed by atoms with Gasteiger partial charge in [0, 0.05) is 12.8 Å². The van der Waals surface area contributed by atoms with Gasteiger partial charge in [0.15, 0.2) is 0 Å². The molecule has 0 heterocycles. The number of aliphatic hydroxyl groups is 2. The Morgan fingerprint density at radius 3 is 1.65 bits per heavy atom. The maximum absolute atomic E-state index is 12.5. The van der Waals surface area contributed by atoms with Gasteiger partial charge in [0.25, 0.3) is 0 Å². The first-order chi connectivity index (χ1) is 14.4. The van der Waals surface area contributed by atoms with Crippen molar-refractivity contribution in [3.8, 4) is 0 Å². The van der Waals surface area contributed by atoms with Crippen LogP contribution in [-0.4, -0.2) is 93.4 Å². The van der Waals surface area contributed by atoms with Crippen LogP contribution in [0.2, 0.25) is 0 Å². The van der Waals surface area contributed by atoms with Crippen LogP contribution in [0, 0.1) is 0 Å². The summed E-state index contributed by atoms with van der Waals surface area (Å²) in [5, 5.41) is 42.1. The minimum atomic E-state index is -1.69. The molecule has 0 radical (unpaired) electrons. The van der Waals surface area contributed by atoms with Crippen LogP contribution >= 0.6 is 0 Å². The van der Waals surface area contributed by atoms with Crippen LogP contribution in [0.25, 0.3) is 0 Å². The summed E-state index contributed by atoms with van der Waals surface area (Å²) >= 11 is 0. The van der Waals surface area contributed by atoms with Gasteiger partial charge in [-0.05, 0) is 12.8 Å². The lowest BCUT2D eigenvalue weighted by Crippen LogP contribution is -2.58. The molecule has 31 heavy (non-hydrogen) atoms. The minimum absolute atomic E-state index is 0.131. The predicted molar refractivity (Wildman–Crippen MR) is 101 cm³/mol. The lowest BCUT2D eigenvalue weighted by molar-refractivity contribution is -0.143. The van der Waals surface area contributed by atoms with E-state index in [1.54, 1.807) is 0 Å². The molecule has 0 bridgehead atoms. The number of aliphatic carboxylic acids is 2. The number of amides is 4. The summed E-state index contributed by atoms with van der Waals surface area (Å²) in [4.78, 5) is 69.1. The molecule has 0 spiro atoms. The zero-order chi connectivity index (χ0) is 24.1. The van der Waals surface area contributed by atoms with Gasteiger partial charge in [-0.2, -0.15) is 0 Å². The average Bonchev–Trinajstić information content (AvgIpc) is 2.70. The van der Waals surface area contributed by atoms with Crippen LogP contribution in [0.5, 0.6) is 0 Å². The summed E-state index contributed by atoms with van der Waals surface area (Å²) in [5.74, 6) is -6.63. The maximum atomic E-state index is 12.5. The van der Waals surface area contributed by atoms with Crippen molar-refractivity contribution in [1.29, 1.82) is 0 Å². The fourth-order valence-electron chi connectivity index (χ4n) is 2.17. The van der Waals surface area contributed by atoms with Crippen LogP contribution in [0.4, 0.5) is 0 Å². The van der Waals surface area contributed by atoms with Gasteiger partial charge >= 0.3 is 11.9 Å². The van der Waals surface area contributed by atoms with Crippen molar-refractivity contribution in [2.75, 3.05) is 13.2 Å². The summed E-state index contributed by atoms with van der Waals surface area (Å²) < 4.78 is 0. The third kappa shape index (κ3) is 10.9. The molecule has 15 heteroatoms. The molecule has 0 aromatic rings. The number of carboxylic acids is 2. The van der Waals surface area contributed by atoms with Crippen LogP contribution in [0.3, 0.4) is 0 Å². The second-order valence-electron chi connectivity index (χ2n) is 6.43. The lowest BCUT2D eigenvalue weighted by Gasteiger charge is -2.23. The van der Waals surface area contributed by atoms with Crippen LogP contribution < -0.4 is 27.4 Å². The van der Waals surface area contributed by atoms with E-state index in [4.69, 9.17) is 26.8 Å². The Hall–Kier alpha value is -3.30. The highest BCUT2D eigenvalue weighted by Crippen LogP contribution is 2.02. The largest absolute Gasteiger partial charge is 0.481 e. The van der Waals surface area contributed by atoms with Gasteiger partial charge in [0.1, 0.15) is 18.1 Å². The number of nitrogens with one attached hydrogen (secondary N) is 3. The second kappa shape index (κ2) is 13.8. The summed E-state index contributed by atoms with van der Waals surface area (Å²) in [5.41, 5.74) is 10.6. The molecule has 0 rings (SSSR count). The molecule has 0 aromatic heterocycles. The van der Waals surface area contributed by atoms with E-state index in [9.17, 15) is 33.9 Å². The van der Waals surface area contributed by atoms with Crippen LogP contribution in [0.15, 0.2) is 0 Å². The number of carbonyl (C=O) groups excluding carboxylic acids is 4. The van der Waals surface area contributed by atoms with Crippen molar-refractivity contribution >= 4 is 35.6 Å². The van der Waals surface area contributed by atoms with E-state index in [0.29, 0.717) is 0 Å². The Bertz CT molecular complexity index is 686. The highest BCUT2D eigenvalue weighted by molar-refractivity contribution is 5.94. The maximum Gasteiger partial charge on any atom is 0.328 e. The number of rotatable bonds is 15. The van der Waals surface area contributed by atoms with Gasteiger partial charge in [0.2, 0.25) is 23.6 Å². The number of carbonyl (C=O) groups is 6. The molecule has 0 saturated heterocycles. The lowest BCUT2D eigenvalue weighted by atomic mass is 10.1. The fourth-order valence-corrected chi connectivity index (χ4v) is 2.17. The highest BCUT2D eigenvalue weighted by atomic mass is 16.4. The normalized spacial score (nSPS) is 14.4. The Morgan fingerprint density at radius 2 is 1.19 bits per heavy atom. The SMILES string of the molecule is NC(=O)CCC(N)C(=O)NC(CCC(=O)O)C(=O)NC(CO)C(=O)NC(CO)C(=O)O. The molecule has 15 nitrogen and oxygen atoms in total. The zero-order valence-corrected chi connectivity index (χ0v) is 16.4. The molecule has 4 unspecified atom stereocenters. The number of carboxylic acid groups (broad SMARTS) is 2. The summed E-state index contributed by atoms with van der Waals surface area (Å²) in [6.45, 7) is -1.92. The molecule has 11 N–H and O–H groups in total. The van der Waals surface area contributed by atoms with Crippen molar-refractivity contribution in [2.24, 2.45) is 11.5 Å². The standard InChI is InChI=1S/C16H27N5O10/c17-7(1-3-11(18)24)13(27)19-8(2-4-12(25)26)14(28)20-9(5-22)15(29)21-10(6-23)16(30)31/h7-10,22-23H,1-6,17H2,(H2,18,24)(H,19,27)(H,20,28)(H,21,29)(H,25,26)(H,30,31). The van der Waals surface area contributed by atoms with Crippen LogP contribution in [0.1, 0.15) is 25.7 Å². The van der Waals surface area contributed by atoms with Crippen molar-refractivity contribution in [1.82, 2.24) is 16.0 Å². The van der Waals surface area contributed by atoms with Gasteiger partial charge < -0.3 is 47.8 Å². The molecular formula is C16H27N5O10. The number of nitrogens with two attached hydrogens (primary N) is 2. The molecule has 0 aliphatic rings. The molecule has 0 fully saturated rings. The molecule has 176 valence electrons. The Balaban J connectivity index is 5.21. The molecular weight excluding hydrogens is 422 g/mol. The number of aliphatic hydroxyl groups excluding tert-OH is 2. The molecule has 4 atom stereocenters. The fraction of sp³-hybridized carbons (Fsp3) is 0.625. The first-order valence-electron chi connectivity index (χ1n) is 9.04. The van der Waals surface area contributed by atoms with Gasteiger partial charge in [-0.15, -0.1) is 0 Å². The van der Waals surface area contributed by atoms with E-state index in [1.807, 2.05) is 5.32 Å². The Labute approximate surface area is 176 Å². The number of hydrogen-bond acceptors (Lipinski definition) is 9. The first kappa shape index (κ1) is 27.7. The van der Waals surface area contributed by atoms with Gasteiger partial charge in [-0.25, -0.2) is 4.79 Å². The molecule has 0 aliphatic heterocycles. The van der Waals surface area contributed by atoms with Gasteiger partial charge in [-0.3, -0.25) is 24.0 Å².